The van der Waals surface area contributed by atoms with Gasteiger partial charge < -0.3 is 21.5 Å². The Labute approximate surface area is 121 Å². The maximum atomic E-state index is 11.6. The van der Waals surface area contributed by atoms with E-state index in [1.165, 1.54) is 0 Å². The van der Waals surface area contributed by atoms with E-state index in [2.05, 4.69) is 15.6 Å². The summed E-state index contributed by atoms with van der Waals surface area (Å²) in [5.41, 5.74) is 6.62. The molecule has 1 aromatic rings. The predicted molar refractivity (Wildman–Crippen MR) is 74.2 cm³/mol. The summed E-state index contributed by atoms with van der Waals surface area (Å²) < 4.78 is 0. The highest BCUT2D eigenvalue weighted by Gasteiger charge is 2.22. The molecular formula is C13H18N4O4. The van der Waals surface area contributed by atoms with Gasteiger partial charge in [0, 0.05) is 6.20 Å². The van der Waals surface area contributed by atoms with Gasteiger partial charge in [0.15, 0.2) is 0 Å². The van der Waals surface area contributed by atoms with E-state index in [1.54, 1.807) is 12.3 Å². The Morgan fingerprint density at radius 3 is 2.71 bits per heavy atom. The van der Waals surface area contributed by atoms with Gasteiger partial charge in [-0.15, -0.1) is 0 Å². The summed E-state index contributed by atoms with van der Waals surface area (Å²) in [6.07, 6.45) is 1.92. The van der Waals surface area contributed by atoms with Crippen LogP contribution >= 0.6 is 0 Å². The third kappa shape index (κ3) is 5.47. The Bertz CT molecular complexity index is 533. The minimum absolute atomic E-state index is 0.165. The lowest BCUT2D eigenvalue weighted by Crippen LogP contribution is -2.47. The summed E-state index contributed by atoms with van der Waals surface area (Å²) in [4.78, 5) is 37.4. The van der Waals surface area contributed by atoms with Crippen LogP contribution in [-0.4, -0.2) is 34.0 Å². The van der Waals surface area contributed by atoms with E-state index < -0.39 is 30.4 Å². The summed E-state index contributed by atoms with van der Waals surface area (Å²) in [6.45, 7) is 2.13. The van der Waals surface area contributed by atoms with Crippen molar-refractivity contribution in [2.75, 3.05) is 0 Å². The zero-order valence-electron chi connectivity index (χ0n) is 11.6. The van der Waals surface area contributed by atoms with Gasteiger partial charge in [-0.3, -0.25) is 9.78 Å². The molecule has 0 aliphatic heterocycles. The van der Waals surface area contributed by atoms with Crippen molar-refractivity contribution >= 4 is 17.9 Å². The molecule has 8 nitrogen and oxygen atoms in total. The number of carboxylic acids is 1. The molecule has 1 heterocycles. The fraction of sp³-hybridized carbons (Fsp3) is 0.385. The molecule has 5 N–H and O–H groups in total. The number of carbonyl (C=O) groups is 3. The molecule has 0 aliphatic carbocycles. The summed E-state index contributed by atoms with van der Waals surface area (Å²) in [6, 6.07) is 1.65. The van der Waals surface area contributed by atoms with Crippen LogP contribution in [-0.2, 0) is 22.6 Å². The molecule has 0 aromatic carbocycles. The highest BCUT2D eigenvalue weighted by molar-refractivity contribution is 5.87. The number of hydrogen-bond acceptors (Lipinski definition) is 4. The first-order chi connectivity index (χ1) is 9.93. The first-order valence-electron chi connectivity index (χ1n) is 6.42. The fourth-order valence-corrected chi connectivity index (χ4v) is 1.73. The highest BCUT2D eigenvalue weighted by atomic mass is 16.4. The molecule has 0 aliphatic rings. The number of rotatable bonds is 7. The minimum atomic E-state index is -1.35. The SMILES string of the molecule is CCc1cccnc1CNC(=O)N[C@@H](CC(N)=O)C(=O)O. The molecule has 0 saturated heterocycles. The van der Waals surface area contributed by atoms with Crippen molar-refractivity contribution < 1.29 is 19.5 Å². The number of aliphatic carboxylic acids is 1. The average molecular weight is 294 g/mol. The number of amides is 3. The molecule has 0 spiro atoms. The second kappa shape index (κ2) is 7.83. The van der Waals surface area contributed by atoms with Gasteiger partial charge in [-0.25, -0.2) is 9.59 Å². The Morgan fingerprint density at radius 1 is 1.43 bits per heavy atom. The van der Waals surface area contributed by atoms with Crippen LogP contribution in [0.4, 0.5) is 4.79 Å². The summed E-state index contributed by atoms with van der Waals surface area (Å²) in [5, 5.41) is 13.6. The van der Waals surface area contributed by atoms with Gasteiger partial charge in [0.05, 0.1) is 18.7 Å². The Hall–Kier alpha value is -2.64. The Kier molecular flexibility index (Phi) is 6.12. The quantitative estimate of drug-likeness (QED) is 0.551. The average Bonchev–Trinajstić information content (AvgIpc) is 2.44. The number of carboxylic acid groups (broad SMARTS) is 1. The monoisotopic (exact) mass is 294 g/mol. The van der Waals surface area contributed by atoms with E-state index >= 15 is 0 Å². The fourth-order valence-electron chi connectivity index (χ4n) is 1.73. The minimum Gasteiger partial charge on any atom is -0.480 e. The van der Waals surface area contributed by atoms with Crippen LogP contribution in [0.3, 0.4) is 0 Å². The van der Waals surface area contributed by atoms with Crippen molar-refractivity contribution in [2.45, 2.75) is 32.4 Å². The zero-order valence-corrected chi connectivity index (χ0v) is 11.6. The van der Waals surface area contributed by atoms with Crippen LogP contribution in [0.5, 0.6) is 0 Å². The summed E-state index contributed by atoms with van der Waals surface area (Å²) in [7, 11) is 0. The van der Waals surface area contributed by atoms with Crippen LogP contribution in [0.15, 0.2) is 18.3 Å². The van der Waals surface area contributed by atoms with Crippen LogP contribution in [0, 0.1) is 0 Å². The number of nitrogens with zero attached hydrogens (tertiary/aromatic N) is 1. The number of nitrogens with two attached hydrogens (primary N) is 1. The van der Waals surface area contributed by atoms with Crippen LogP contribution in [0.1, 0.15) is 24.6 Å². The third-order valence-corrected chi connectivity index (χ3v) is 2.79. The number of pyridine rings is 1. The van der Waals surface area contributed by atoms with E-state index in [0.29, 0.717) is 5.69 Å². The van der Waals surface area contributed by atoms with E-state index in [4.69, 9.17) is 10.8 Å². The largest absolute Gasteiger partial charge is 0.480 e. The lowest BCUT2D eigenvalue weighted by Gasteiger charge is -2.14. The molecule has 3 amide bonds. The Morgan fingerprint density at radius 2 is 2.14 bits per heavy atom. The summed E-state index contributed by atoms with van der Waals surface area (Å²) in [5.74, 6) is -2.13. The molecule has 21 heavy (non-hydrogen) atoms. The number of aromatic nitrogens is 1. The van der Waals surface area contributed by atoms with Crippen molar-refractivity contribution in [3.63, 3.8) is 0 Å². The maximum absolute atomic E-state index is 11.6. The Balaban J connectivity index is 2.56. The number of hydrogen-bond donors (Lipinski definition) is 4. The second-order valence-corrected chi connectivity index (χ2v) is 4.35. The van der Waals surface area contributed by atoms with Gasteiger partial charge in [0.2, 0.25) is 5.91 Å². The summed E-state index contributed by atoms with van der Waals surface area (Å²) >= 11 is 0. The van der Waals surface area contributed by atoms with Crippen LogP contribution in [0.2, 0.25) is 0 Å². The van der Waals surface area contributed by atoms with E-state index in [-0.39, 0.29) is 6.54 Å². The molecule has 0 bridgehead atoms. The number of urea groups is 1. The second-order valence-electron chi connectivity index (χ2n) is 4.35. The first kappa shape index (κ1) is 16.4. The van der Waals surface area contributed by atoms with Crippen molar-refractivity contribution in [1.82, 2.24) is 15.6 Å². The first-order valence-corrected chi connectivity index (χ1v) is 6.42. The molecule has 8 heteroatoms. The molecule has 0 fully saturated rings. The lowest BCUT2D eigenvalue weighted by molar-refractivity contribution is -0.140. The number of nitrogens with one attached hydrogen (secondary N) is 2. The highest BCUT2D eigenvalue weighted by Crippen LogP contribution is 2.05. The number of carbonyl (C=O) groups excluding carboxylic acids is 2. The molecule has 0 unspecified atom stereocenters. The van der Waals surface area contributed by atoms with E-state index in [0.717, 1.165) is 12.0 Å². The smallest absolute Gasteiger partial charge is 0.326 e. The van der Waals surface area contributed by atoms with Crippen molar-refractivity contribution in [1.29, 1.82) is 0 Å². The van der Waals surface area contributed by atoms with E-state index in [9.17, 15) is 14.4 Å². The topological polar surface area (TPSA) is 134 Å². The molecule has 0 saturated carbocycles. The normalized spacial score (nSPS) is 11.5. The molecule has 1 atom stereocenters. The van der Waals surface area contributed by atoms with Crippen molar-refractivity contribution in [2.24, 2.45) is 5.73 Å². The van der Waals surface area contributed by atoms with Crippen LogP contribution < -0.4 is 16.4 Å². The van der Waals surface area contributed by atoms with Gasteiger partial charge in [-0.1, -0.05) is 13.0 Å². The standard InChI is InChI=1S/C13H18N4O4/c1-2-8-4-3-5-15-10(8)7-16-13(21)17-9(12(19)20)6-11(14)18/h3-5,9H,2,6-7H2,1H3,(H2,14,18)(H,19,20)(H2,16,17,21)/t9-/m0/s1. The molecule has 1 rings (SSSR count). The number of primary amides is 1. The third-order valence-electron chi connectivity index (χ3n) is 2.79. The van der Waals surface area contributed by atoms with Crippen LogP contribution in [0.25, 0.3) is 0 Å². The van der Waals surface area contributed by atoms with Crippen molar-refractivity contribution in [3.8, 4) is 0 Å². The van der Waals surface area contributed by atoms with E-state index in [1.807, 2.05) is 13.0 Å². The number of aryl methyl sites for hydroxylation is 1. The van der Waals surface area contributed by atoms with Gasteiger partial charge in [-0.05, 0) is 18.1 Å². The van der Waals surface area contributed by atoms with Crippen molar-refractivity contribution in [3.05, 3.63) is 29.6 Å². The van der Waals surface area contributed by atoms with Gasteiger partial charge in [-0.2, -0.15) is 0 Å². The van der Waals surface area contributed by atoms with Gasteiger partial charge >= 0.3 is 12.0 Å². The maximum Gasteiger partial charge on any atom is 0.326 e. The van der Waals surface area contributed by atoms with Gasteiger partial charge in [0.25, 0.3) is 0 Å². The zero-order chi connectivity index (χ0) is 15.8. The molecule has 0 radical (unpaired) electrons. The molecule has 114 valence electrons. The molecule has 1 aromatic heterocycles. The lowest BCUT2D eigenvalue weighted by atomic mass is 10.1. The predicted octanol–water partition coefficient (Wildman–Crippen LogP) is -0.228. The molecular weight excluding hydrogens is 276 g/mol. The van der Waals surface area contributed by atoms with Gasteiger partial charge in [0.1, 0.15) is 6.04 Å².